The monoisotopic (exact) mass is 382 g/mol. The van der Waals surface area contributed by atoms with Gasteiger partial charge in [-0.25, -0.2) is 14.8 Å². The second-order valence-electron chi connectivity index (χ2n) is 6.16. The summed E-state index contributed by atoms with van der Waals surface area (Å²) >= 11 is 0. The second kappa shape index (κ2) is 9.14. The molecule has 7 heteroatoms. The van der Waals surface area contributed by atoms with Crippen molar-refractivity contribution in [1.82, 2.24) is 9.97 Å². The molecule has 0 aliphatic carbocycles. The van der Waals surface area contributed by atoms with Crippen LogP contribution in [-0.2, 0) is 16.0 Å². The van der Waals surface area contributed by atoms with Crippen LogP contribution in [0.2, 0.25) is 0 Å². The molecule has 0 aliphatic rings. The van der Waals surface area contributed by atoms with E-state index in [0.717, 1.165) is 5.56 Å². The lowest BCUT2D eigenvalue weighted by atomic mass is 10.1. The molecule has 7 nitrogen and oxygen atoms in total. The normalized spacial score (nSPS) is 13.1. The van der Waals surface area contributed by atoms with Gasteiger partial charge in [-0.3, -0.25) is 0 Å². The molecule has 2 atom stereocenters. The molecule has 2 unspecified atom stereocenters. The molecule has 0 fully saturated rings. The van der Waals surface area contributed by atoms with E-state index in [4.69, 9.17) is 13.9 Å². The van der Waals surface area contributed by atoms with Gasteiger partial charge < -0.3 is 19.0 Å². The number of carboxylic acids is 1. The number of rotatable bonds is 9. The fraction of sp³-hybridized carbons (Fsp3) is 0.286. The van der Waals surface area contributed by atoms with Gasteiger partial charge in [0.25, 0.3) is 0 Å². The van der Waals surface area contributed by atoms with E-state index in [9.17, 15) is 9.90 Å². The van der Waals surface area contributed by atoms with E-state index < -0.39 is 12.1 Å². The first-order chi connectivity index (χ1) is 13.6. The van der Waals surface area contributed by atoms with Crippen LogP contribution in [0, 0.1) is 0 Å². The average molecular weight is 382 g/mol. The number of carbonyl (C=O) groups is 1. The summed E-state index contributed by atoms with van der Waals surface area (Å²) < 4.78 is 17.0. The number of hydrogen-bond acceptors (Lipinski definition) is 6. The number of furan rings is 1. The van der Waals surface area contributed by atoms with E-state index in [1.165, 1.54) is 0 Å². The number of aliphatic carboxylic acids is 1. The first-order valence-electron chi connectivity index (χ1n) is 9.04. The van der Waals surface area contributed by atoms with Crippen molar-refractivity contribution in [2.24, 2.45) is 0 Å². The van der Waals surface area contributed by atoms with Gasteiger partial charge in [0.05, 0.1) is 0 Å². The van der Waals surface area contributed by atoms with Crippen LogP contribution in [0.15, 0.2) is 59.3 Å². The minimum absolute atomic E-state index is 0.303. The molecular weight excluding hydrogens is 360 g/mol. The Balaban J connectivity index is 1.62. The molecule has 0 saturated heterocycles. The Labute approximate surface area is 163 Å². The van der Waals surface area contributed by atoms with Gasteiger partial charge in [-0.1, -0.05) is 12.1 Å². The van der Waals surface area contributed by atoms with Gasteiger partial charge in [0.2, 0.25) is 0 Å². The van der Waals surface area contributed by atoms with E-state index in [1.807, 2.05) is 31.2 Å². The van der Waals surface area contributed by atoms with Gasteiger partial charge in [-0.05, 0) is 49.7 Å². The Morgan fingerprint density at radius 1 is 1.14 bits per heavy atom. The predicted octanol–water partition coefficient (Wildman–Crippen LogP) is 3.91. The summed E-state index contributed by atoms with van der Waals surface area (Å²) in [6, 6.07) is 12.7. The maximum atomic E-state index is 11.2. The van der Waals surface area contributed by atoms with Crippen molar-refractivity contribution in [2.45, 2.75) is 32.5 Å². The van der Waals surface area contributed by atoms with Crippen molar-refractivity contribution in [3.8, 4) is 17.3 Å². The maximum absolute atomic E-state index is 11.2. The third-order valence-corrected chi connectivity index (χ3v) is 4.11. The topological polar surface area (TPSA) is 94.7 Å². The third-order valence-electron chi connectivity index (χ3n) is 4.11. The van der Waals surface area contributed by atoms with Crippen LogP contribution in [0.1, 0.15) is 31.3 Å². The molecule has 3 aromatic rings. The van der Waals surface area contributed by atoms with Crippen LogP contribution >= 0.6 is 0 Å². The molecule has 1 N–H and O–H groups in total. The molecule has 0 radical (unpaired) electrons. The molecule has 146 valence electrons. The minimum Gasteiger partial charge on any atom is -0.483 e. The van der Waals surface area contributed by atoms with Crippen molar-refractivity contribution in [3.63, 3.8) is 0 Å². The van der Waals surface area contributed by atoms with Crippen molar-refractivity contribution in [1.29, 1.82) is 0 Å². The van der Waals surface area contributed by atoms with Gasteiger partial charge >= 0.3 is 5.97 Å². The molecule has 0 spiro atoms. The molecule has 3 rings (SSSR count). The van der Waals surface area contributed by atoms with Crippen LogP contribution in [0.4, 0.5) is 0 Å². The molecule has 2 heterocycles. The van der Waals surface area contributed by atoms with Crippen LogP contribution < -0.4 is 4.74 Å². The van der Waals surface area contributed by atoms with Gasteiger partial charge in [-0.2, -0.15) is 0 Å². The van der Waals surface area contributed by atoms with Gasteiger partial charge in [-0.15, -0.1) is 0 Å². The highest BCUT2D eigenvalue weighted by Gasteiger charge is 2.18. The lowest BCUT2D eigenvalue weighted by Gasteiger charge is -2.14. The Kier molecular flexibility index (Phi) is 6.39. The summed E-state index contributed by atoms with van der Waals surface area (Å²) in [4.78, 5) is 19.5. The third kappa shape index (κ3) is 4.95. The molecule has 0 bridgehead atoms. The molecule has 28 heavy (non-hydrogen) atoms. The number of nitrogens with zero attached hydrogens (tertiary/aromatic N) is 2. The summed E-state index contributed by atoms with van der Waals surface area (Å²) in [5.41, 5.74) is 0.863. The zero-order valence-corrected chi connectivity index (χ0v) is 15.7. The molecular formula is C21H22N2O5. The fourth-order valence-electron chi connectivity index (χ4n) is 2.72. The first kappa shape index (κ1) is 19.6. The number of carboxylic acid groups (broad SMARTS) is 1. The van der Waals surface area contributed by atoms with Gasteiger partial charge in [0.15, 0.2) is 23.8 Å². The van der Waals surface area contributed by atoms with Crippen molar-refractivity contribution >= 4 is 5.97 Å². The quantitative estimate of drug-likeness (QED) is 0.599. The highest BCUT2D eigenvalue weighted by Crippen LogP contribution is 2.26. The highest BCUT2D eigenvalue weighted by molar-refractivity contribution is 5.72. The molecule has 0 saturated carbocycles. The van der Waals surface area contributed by atoms with Crippen LogP contribution in [0.25, 0.3) is 11.6 Å². The molecule has 0 aliphatic heterocycles. The number of aromatic nitrogens is 2. The predicted molar refractivity (Wildman–Crippen MR) is 102 cm³/mol. The average Bonchev–Trinajstić information content (AvgIpc) is 3.20. The van der Waals surface area contributed by atoms with Crippen LogP contribution in [0.5, 0.6) is 5.75 Å². The summed E-state index contributed by atoms with van der Waals surface area (Å²) in [6.07, 6.45) is 2.47. The SMILES string of the molecule is CCOC(Cc1ccc(OC(C)c2ccc(-c3ncccn3)o2)cc1)C(=O)O. The van der Waals surface area contributed by atoms with Crippen LogP contribution in [0.3, 0.4) is 0 Å². The van der Waals surface area contributed by atoms with Crippen molar-refractivity contribution in [2.75, 3.05) is 6.61 Å². The lowest BCUT2D eigenvalue weighted by molar-refractivity contribution is -0.149. The molecule has 2 aromatic heterocycles. The Bertz CT molecular complexity index is 893. The Morgan fingerprint density at radius 2 is 1.86 bits per heavy atom. The fourth-order valence-corrected chi connectivity index (χ4v) is 2.72. The van der Waals surface area contributed by atoms with E-state index in [1.54, 1.807) is 37.5 Å². The second-order valence-corrected chi connectivity index (χ2v) is 6.16. The molecule has 0 amide bonds. The smallest absolute Gasteiger partial charge is 0.333 e. The van der Waals surface area contributed by atoms with E-state index in [2.05, 4.69) is 9.97 Å². The van der Waals surface area contributed by atoms with E-state index in [0.29, 0.717) is 36.1 Å². The Hall–Kier alpha value is -3.19. The van der Waals surface area contributed by atoms with E-state index >= 15 is 0 Å². The number of hydrogen-bond donors (Lipinski definition) is 1. The molecule has 1 aromatic carbocycles. The number of benzene rings is 1. The van der Waals surface area contributed by atoms with E-state index in [-0.39, 0.29) is 6.10 Å². The minimum atomic E-state index is -0.966. The van der Waals surface area contributed by atoms with Gasteiger partial charge in [0, 0.05) is 25.4 Å². The van der Waals surface area contributed by atoms with Crippen molar-refractivity contribution < 1.29 is 23.8 Å². The standard InChI is InChI=1S/C21H22N2O5/c1-3-26-19(21(24)25)13-15-5-7-16(8-6-15)27-14(2)17-9-10-18(28-17)20-22-11-4-12-23-20/h4-12,14,19H,3,13H2,1-2H3,(H,24,25). The lowest BCUT2D eigenvalue weighted by Crippen LogP contribution is -2.26. The zero-order chi connectivity index (χ0) is 19.9. The highest BCUT2D eigenvalue weighted by atomic mass is 16.5. The summed E-state index contributed by atoms with van der Waals surface area (Å²) in [5, 5.41) is 9.18. The van der Waals surface area contributed by atoms with Crippen molar-refractivity contribution in [3.05, 3.63) is 66.2 Å². The van der Waals surface area contributed by atoms with Gasteiger partial charge in [0.1, 0.15) is 11.5 Å². The summed E-state index contributed by atoms with van der Waals surface area (Å²) in [6.45, 7) is 4.02. The van der Waals surface area contributed by atoms with Crippen LogP contribution in [-0.4, -0.2) is 33.8 Å². The summed E-state index contributed by atoms with van der Waals surface area (Å²) in [5.74, 6) is 1.46. The largest absolute Gasteiger partial charge is 0.483 e. The first-order valence-corrected chi connectivity index (χ1v) is 9.04. The number of ether oxygens (including phenoxy) is 2. The maximum Gasteiger partial charge on any atom is 0.333 e. The Morgan fingerprint density at radius 3 is 2.50 bits per heavy atom. The zero-order valence-electron chi connectivity index (χ0n) is 15.7. The summed E-state index contributed by atoms with van der Waals surface area (Å²) in [7, 11) is 0.